The molecule has 0 atom stereocenters. The maximum Gasteiger partial charge on any atom is 0.341 e. The maximum absolute atomic E-state index is 12.6. The van der Waals surface area contributed by atoms with Gasteiger partial charge < -0.3 is 10.1 Å². The van der Waals surface area contributed by atoms with Crippen LogP contribution < -0.4 is 5.32 Å². The van der Waals surface area contributed by atoms with Crippen LogP contribution in [0.2, 0.25) is 0 Å². The van der Waals surface area contributed by atoms with Gasteiger partial charge in [0.1, 0.15) is 5.00 Å². The fourth-order valence-corrected chi connectivity index (χ4v) is 6.55. The summed E-state index contributed by atoms with van der Waals surface area (Å²) in [5.74, 6) is -0.644. The standard InChI is InChI=1S/C17H23NO5S2/c1-2-23-17(20)14-12-8-9-25(21,22)10-13(12)24-16(14)18-15(19)11-6-4-3-5-7-11/h11H,2-10H2,1H3,(H,18,19). The Morgan fingerprint density at radius 3 is 2.64 bits per heavy atom. The highest BCUT2D eigenvalue weighted by atomic mass is 32.2. The van der Waals surface area contributed by atoms with Gasteiger partial charge in [0, 0.05) is 10.8 Å². The SMILES string of the molecule is CCOC(=O)c1c(NC(=O)C2CCCCC2)sc2c1CCS(=O)(=O)C2. The molecule has 8 heteroatoms. The van der Waals surface area contributed by atoms with Gasteiger partial charge in [-0.3, -0.25) is 4.79 Å². The molecule has 2 aliphatic rings. The van der Waals surface area contributed by atoms with E-state index in [1.807, 2.05) is 0 Å². The first-order valence-corrected chi connectivity index (χ1v) is 11.4. The van der Waals surface area contributed by atoms with Crippen LogP contribution in [0.4, 0.5) is 5.00 Å². The van der Waals surface area contributed by atoms with Crippen LogP contribution in [-0.2, 0) is 31.5 Å². The Balaban J connectivity index is 1.90. The first-order chi connectivity index (χ1) is 11.9. The highest BCUT2D eigenvalue weighted by Crippen LogP contribution is 2.39. The summed E-state index contributed by atoms with van der Waals surface area (Å²) in [6.45, 7) is 1.96. The molecule has 25 heavy (non-hydrogen) atoms. The predicted octanol–water partition coefficient (Wildman–Crippen LogP) is 2.91. The van der Waals surface area contributed by atoms with Crippen LogP contribution in [0.25, 0.3) is 0 Å². The molecule has 0 saturated heterocycles. The van der Waals surface area contributed by atoms with Crippen LogP contribution >= 0.6 is 11.3 Å². The monoisotopic (exact) mass is 385 g/mol. The van der Waals surface area contributed by atoms with E-state index in [1.54, 1.807) is 6.92 Å². The molecule has 1 fully saturated rings. The number of carbonyl (C=O) groups is 2. The Labute approximate surface area is 151 Å². The molecule has 3 rings (SSSR count). The number of fused-ring (bicyclic) bond motifs is 1. The van der Waals surface area contributed by atoms with Crippen molar-refractivity contribution in [2.45, 2.75) is 51.2 Å². The first-order valence-electron chi connectivity index (χ1n) is 8.74. The molecular formula is C17H23NO5S2. The summed E-state index contributed by atoms with van der Waals surface area (Å²) in [6, 6.07) is 0. The molecule has 6 nitrogen and oxygen atoms in total. The number of rotatable bonds is 4. The molecule has 0 radical (unpaired) electrons. The molecule has 1 aromatic rings. The molecule has 1 N–H and O–H groups in total. The lowest BCUT2D eigenvalue weighted by Crippen LogP contribution is -2.25. The zero-order chi connectivity index (χ0) is 18.0. The smallest absolute Gasteiger partial charge is 0.341 e. The number of nitrogens with one attached hydrogen (secondary N) is 1. The highest BCUT2D eigenvalue weighted by Gasteiger charge is 2.33. The van der Waals surface area contributed by atoms with E-state index in [9.17, 15) is 18.0 Å². The van der Waals surface area contributed by atoms with Crippen LogP contribution in [0.15, 0.2) is 0 Å². The van der Waals surface area contributed by atoms with Gasteiger partial charge in [-0.2, -0.15) is 0 Å². The van der Waals surface area contributed by atoms with Crippen LogP contribution in [0.1, 0.15) is 59.8 Å². The molecule has 0 bridgehead atoms. The second-order valence-corrected chi connectivity index (χ2v) is 9.88. The van der Waals surface area contributed by atoms with Crippen LogP contribution in [-0.4, -0.2) is 32.7 Å². The topological polar surface area (TPSA) is 89.5 Å². The molecule has 0 aromatic carbocycles. The second kappa shape index (κ2) is 7.45. The lowest BCUT2D eigenvalue weighted by molar-refractivity contribution is -0.120. The van der Waals surface area contributed by atoms with Gasteiger partial charge in [-0.05, 0) is 31.7 Å². The zero-order valence-corrected chi connectivity index (χ0v) is 15.9. The van der Waals surface area contributed by atoms with E-state index in [0.717, 1.165) is 37.7 Å². The molecule has 1 saturated carbocycles. The van der Waals surface area contributed by atoms with Crippen molar-refractivity contribution in [3.8, 4) is 0 Å². The lowest BCUT2D eigenvalue weighted by Gasteiger charge is -2.20. The van der Waals surface area contributed by atoms with Crippen LogP contribution in [0.3, 0.4) is 0 Å². The van der Waals surface area contributed by atoms with Crippen molar-refractivity contribution < 1.29 is 22.7 Å². The zero-order valence-electron chi connectivity index (χ0n) is 14.3. The third kappa shape index (κ3) is 4.06. The summed E-state index contributed by atoms with van der Waals surface area (Å²) in [4.78, 5) is 25.6. The van der Waals surface area contributed by atoms with E-state index < -0.39 is 15.8 Å². The van der Waals surface area contributed by atoms with Crippen molar-refractivity contribution in [3.05, 3.63) is 16.0 Å². The summed E-state index contributed by atoms with van der Waals surface area (Å²) in [7, 11) is -3.14. The summed E-state index contributed by atoms with van der Waals surface area (Å²) < 4.78 is 28.9. The number of esters is 1. The van der Waals surface area contributed by atoms with Crippen molar-refractivity contribution in [2.24, 2.45) is 5.92 Å². The van der Waals surface area contributed by atoms with Gasteiger partial charge in [0.15, 0.2) is 9.84 Å². The maximum atomic E-state index is 12.6. The average Bonchev–Trinajstić information content (AvgIpc) is 2.91. The largest absolute Gasteiger partial charge is 0.462 e. The lowest BCUT2D eigenvalue weighted by atomic mass is 9.89. The number of hydrogen-bond acceptors (Lipinski definition) is 6. The number of ether oxygens (including phenoxy) is 1. The summed E-state index contributed by atoms with van der Waals surface area (Å²) in [5.41, 5.74) is 1.07. The van der Waals surface area contributed by atoms with Crippen molar-refractivity contribution in [1.82, 2.24) is 0 Å². The Morgan fingerprint density at radius 1 is 1.24 bits per heavy atom. The molecule has 138 valence electrons. The Morgan fingerprint density at radius 2 is 1.96 bits per heavy atom. The van der Waals surface area contributed by atoms with Gasteiger partial charge in [-0.1, -0.05) is 19.3 Å². The Bertz CT molecular complexity index is 775. The Kier molecular flexibility index (Phi) is 5.48. The molecule has 0 unspecified atom stereocenters. The van der Waals surface area contributed by atoms with Crippen molar-refractivity contribution in [3.63, 3.8) is 0 Å². The number of carbonyl (C=O) groups excluding carboxylic acids is 2. The fraction of sp³-hybridized carbons (Fsp3) is 0.647. The van der Waals surface area contributed by atoms with Gasteiger partial charge in [-0.15, -0.1) is 11.3 Å². The normalized spacial score (nSPS) is 19.9. The van der Waals surface area contributed by atoms with Gasteiger partial charge in [0.2, 0.25) is 5.91 Å². The predicted molar refractivity (Wildman–Crippen MR) is 96.7 cm³/mol. The summed E-state index contributed by atoms with van der Waals surface area (Å²) in [6.07, 6.45) is 5.26. The molecular weight excluding hydrogens is 362 g/mol. The van der Waals surface area contributed by atoms with Gasteiger partial charge in [-0.25, -0.2) is 13.2 Å². The first kappa shape index (κ1) is 18.4. The van der Waals surface area contributed by atoms with E-state index in [2.05, 4.69) is 5.32 Å². The minimum Gasteiger partial charge on any atom is -0.462 e. The van der Waals surface area contributed by atoms with E-state index in [4.69, 9.17) is 4.74 Å². The van der Waals surface area contributed by atoms with E-state index in [-0.39, 0.29) is 29.9 Å². The van der Waals surface area contributed by atoms with Gasteiger partial charge >= 0.3 is 5.97 Å². The van der Waals surface area contributed by atoms with Gasteiger partial charge in [0.05, 0.1) is 23.7 Å². The summed E-state index contributed by atoms with van der Waals surface area (Å²) >= 11 is 1.20. The fourth-order valence-electron chi connectivity index (χ4n) is 3.51. The summed E-state index contributed by atoms with van der Waals surface area (Å²) in [5, 5.41) is 3.33. The molecule has 1 aromatic heterocycles. The minimum absolute atomic E-state index is 0.0269. The van der Waals surface area contributed by atoms with E-state index >= 15 is 0 Å². The van der Waals surface area contributed by atoms with Crippen molar-refractivity contribution >= 4 is 38.1 Å². The molecule has 1 aliphatic heterocycles. The average molecular weight is 386 g/mol. The third-order valence-corrected chi connectivity index (χ3v) is 7.68. The Hall–Kier alpha value is -1.41. The van der Waals surface area contributed by atoms with Crippen molar-refractivity contribution in [1.29, 1.82) is 0 Å². The quantitative estimate of drug-likeness (QED) is 0.805. The molecule has 0 spiro atoms. The third-order valence-electron chi connectivity index (χ3n) is 4.80. The van der Waals surface area contributed by atoms with Crippen LogP contribution in [0, 0.1) is 5.92 Å². The second-order valence-electron chi connectivity index (χ2n) is 6.59. The molecule has 2 heterocycles. The number of amides is 1. The minimum atomic E-state index is -3.14. The van der Waals surface area contributed by atoms with E-state index in [0.29, 0.717) is 21.9 Å². The highest BCUT2D eigenvalue weighted by molar-refractivity contribution is 7.90. The number of sulfone groups is 1. The number of anilines is 1. The van der Waals surface area contributed by atoms with Crippen LogP contribution in [0.5, 0.6) is 0 Å². The van der Waals surface area contributed by atoms with Gasteiger partial charge in [0.25, 0.3) is 0 Å². The van der Waals surface area contributed by atoms with E-state index in [1.165, 1.54) is 11.3 Å². The molecule has 1 aliphatic carbocycles. The number of thiophene rings is 1. The number of hydrogen-bond donors (Lipinski definition) is 1. The van der Waals surface area contributed by atoms with Crippen molar-refractivity contribution in [2.75, 3.05) is 17.7 Å². The molecule has 1 amide bonds.